The number of carbonyl (C=O) groups excluding carboxylic acids is 2. The SMILES string of the molecule is CCOC(=O)C1=C(C)N=c2s/c(=C/c3ccc(-c4cc(Cl)ccc4C(=O)OC(C)C)o3)c(=O)n2[C@@H]1c1cc(OC)c(OC)cc1Br. The number of furan rings is 1. The van der Waals surface area contributed by atoms with Gasteiger partial charge in [-0.15, -0.1) is 0 Å². The standard InChI is InChI=1S/C33H30BrClN2O8S/c1-7-43-32(40)28-17(4)36-33-37(29(28)22-14-25(41-5)26(42-6)15-23(22)34)30(38)27(46-33)13-19-9-11-24(45-19)21-12-18(35)8-10-20(21)31(39)44-16(2)3/h8-16,29H,7H2,1-6H3/b27-13+/t29-/m1/s1. The van der Waals surface area contributed by atoms with E-state index in [1.165, 1.54) is 18.8 Å². The van der Waals surface area contributed by atoms with E-state index < -0.39 is 23.5 Å². The fourth-order valence-electron chi connectivity index (χ4n) is 5.05. The van der Waals surface area contributed by atoms with Crippen molar-refractivity contribution in [3.63, 3.8) is 0 Å². The second kappa shape index (κ2) is 13.7. The third-order valence-corrected chi connectivity index (χ3v) is 8.93. The predicted molar refractivity (Wildman–Crippen MR) is 177 cm³/mol. The third-order valence-electron chi connectivity index (χ3n) is 7.02. The van der Waals surface area contributed by atoms with Gasteiger partial charge in [0.1, 0.15) is 11.5 Å². The normalized spacial score (nSPS) is 14.6. The topological polar surface area (TPSA) is 119 Å². The molecule has 0 unspecified atom stereocenters. The van der Waals surface area contributed by atoms with Crippen LogP contribution in [0.3, 0.4) is 0 Å². The zero-order valence-electron chi connectivity index (χ0n) is 25.8. The maximum Gasteiger partial charge on any atom is 0.339 e. The van der Waals surface area contributed by atoms with Crippen LogP contribution in [0, 0.1) is 0 Å². The maximum atomic E-state index is 14.1. The number of benzene rings is 2. The lowest BCUT2D eigenvalue weighted by atomic mass is 9.95. The zero-order chi connectivity index (χ0) is 33.3. The van der Waals surface area contributed by atoms with E-state index in [1.54, 1.807) is 76.2 Å². The van der Waals surface area contributed by atoms with Crippen molar-refractivity contribution in [3.8, 4) is 22.8 Å². The molecule has 0 bridgehead atoms. The predicted octanol–water partition coefficient (Wildman–Crippen LogP) is 6.06. The van der Waals surface area contributed by atoms with Crippen molar-refractivity contribution in [2.75, 3.05) is 20.8 Å². The van der Waals surface area contributed by atoms with Gasteiger partial charge in [0.25, 0.3) is 5.56 Å². The monoisotopic (exact) mass is 728 g/mol. The molecule has 0 fully saturated rings. The maximum absolute atomic E-state index is 14.1. The summed E-state index contributed by atoms with van der Waals surface area (Å²) in [6, 6.07) is 10.7. The number of nitrogens with zero attached hydrogens (tertiary/aromatic N) is 2. The van der Waals surface area contributed by atoms with Gasteiger partial charge in [-0.2, -0.15) is 0 Å². The molecule has 2 aromatic carbocycles. The summed E-state index contributed by atoms with van der Waals surface area (Å²) in [5, 5.41) is 0.413. The molecule has 0 radical (unpaired) electrons. The number of allylic oxidation sites excluding steroid dienone is 1. The first kappa shape index (κ1) is 33.2. The van der Waals surface area contributed by atoms with E-state index in [1.807, 2.05) is 0 Å². The Morgan fingerprint density at radius 1 is 1.11 bits per heavy atom. The summed E-state index contributed by atoms with van der Waals surface area (Å²) in [7, 11) is 3.03. The number of ether oxygens (including phenoxy) is 4. The number of rotatable bonds is 9. The smallest absolute Gasteiger partial charge is 0.339 e. The minimum Gasteiger partial charge on any atom is -0.493 e. The molecule has 0 aliphatic carbocycles. The number of halogens is 2. The molecule has 240 valence electrons. The Kier molecular flexibility index (Phi) is 9.90. The van der Waals surface area contributed by atoms with Gasteiger partial charge in [-0.25, -0.2) is 14.6 Å². The molecule has 5 rings (SSSR count). The van der Waals surface area contributed by atoms with Crippen molar-refractivity contribution >= 4 is 56.9 Å². The summed E-state index contributed by atoms with van der Waals surface area (Å²) < 4.78 is 30.2. The summed E-state index contributed by atoms with van der Waals surface area (Å²) >= 11 is 11.0. The summed E-state index contributed by atoms with van der Waals surface area (Å²) in [6.07, 6.45) is 1.28. The summed E-state index contributed by atoms with van der Waals surface area (Å²) in [5.74, 6) is 0.508. The minimum atomic E-state index is -0.889. The van der Waals surface area contributed by atoms with Gasteiger partial charge in [0, 0.05) is 21.1 Å². The molecule has 10 nitrogen and oxygen atoms in total. The Morgan fingerprint density at radius 2 is 1.83 bits per heavy atom. The molecular weight excluding hydrogens is 700 g/mol. The second-order valence-electron chi connectivity index (χ2n) is 10.4. The lowest BCUT2D eigenvalue weighted by Gasteiger charge is -2.26. The Morgan fingerprint density at radius 3 is 2.50 bits per heavy atom. The van der Waals surface area contributed by atoms with E-state index in [0.29, 0.717) is 64.2 Å². The fourth-order valence-corrected chi connectivity index (χ4v) is 6.78. The van der Waals surface area contributed by atoms with Crippen molar-refractivity contribution in [2.24, 2.45) is 4.99 Å². The highest BCUT2D eigenvalue weighted by Crippen LogP contribution is 2.41. The highest BCUT2D eigenvalue weighted by Gasteiger charge is 2.35. The summed E-state index contributed by atoms with van der Waals surface area (Å²) in [4.78, 5) is 45.2. The first-order valence-corrected chi connectivity index (χ1v) is 16.2. The number of esters is 2. The molecule has 46 heavy (non-hydrogen) atoms. The van der Waals surface area contributed by atoms with Crippen molar-refractivity contribution in [1.29, 1.82) is 0 Å². The lowest BCUT2D eigenvalue weighted by Crippen LogP contribution is -2.40. The van der Waals surface area contributed by atoms with Crippen molar-refractivity contribution in [2.45, 2.75) is 39.8 Å². The molecule has 1 atom stereocenters. The average molecular weight is 730 g/mol. The lowest BCUT2D eigenvalue weighted by molar-refractivity contribution is -0.139. The highest BCUT2D eigenvalue weighted by molar-refractivity contribution is 9.10. The van der Waals surface area contributed by atoms with Gasteiger partial charge in [0.15, 0.2) is 16.3 Å². The van der Waals surface area contributed by atoms with Crippen LogP contribution in [0.15, 0.2) is 72.4 Å². The summed E-state index contributed by atoms with van der Waals surface area (Å²) in [5.41, 5.74) is 1.56. The molecule has 4 aromatic rings. The number of thiazole rings is 1. The van der Waals surface area contributed by atoms with Crippen LogP contribution < -0.4 is 24.4 Å². The van der Waals surface area contributed by atoms with E-state index in [9.17, 15) is 14.4 Å². The number of hydrogen-bond donors (Lipinski definition) is 0. The van der Waals surface area contributed by atoms with Gasteiger partial charge in [-0.1, -0.05) is 38.9 Å². The minimum absolute atomic E-state index is 0.143. The zero-order valence-corrected chi connectivity index (χ0v) is 29.0. The quantitative estimate of drug-likeness (QED) is 0.191. The van der Waals surface area contributed by atoms with Gasteiger partial charge in [0.05, 0.1) is 54.3 Å². The first-order chi connectivity index (χ1) is 22.0. The van der Waals surface area contributed by atoms with Crippen LogP contribution in [0.4, 0.5) is 0 Å². The summed E-state index contributed by atoms with van der Waals surface area (Å²) in [6.45, 7) is 7.09. The Labute approximate surface area is 281 Å². The van der Waals surface area contributed by atoms with Crippen LogP contribution in [0.25, 0.3) is 17.4 Å². The number of methoxy groups -OCH3 is 2. The van der Waals surface area contributed by atoms with E-state index in [4.69, 9.17) is 35.0 Å². The molecule has 1 aliphatic rings. The fraction of sp³-hybridized carbons (Fsp3) is 0.273. The van der Waals surface area contributed by atoms with Gasteiger partial charge in [0.2, 0.25) is 0 Å². The Hall–Kier alpha value is -4.13. The van der Waals surface area contributed by atoms with Crippen LogP contribution in [0.2, 0.25) is 5.02 Å². The van der Waals surface area contributed by atoms with E-state index >= 15 is 0 Å². The highest BCUT2D eigenvalue weighted by atomic mass is 79.9. The Bertz CT molecular complexity index is 2060. The molecule has 0 amide bonds. The van der Waals surface area contributed by atoms with E-state index in [2.05, 4.69) is 20.9 Å². The van der Waals surface area contributed by atoms with Gasteiger partial charge < -0.3 is 23.4 Å². The van der Waals surface area contributed by atoms with Crippen molar-refractivity contribution in [1.82, 2.24) is 4.57 Å². The molecular formula is C33H30BrClN2O8S. The van der Waals surface area contributed by atoms with Crippen LogP contribution in [0.1, 0.15) is 55.4 Å². The largest absolute Gasteiger partial charge is 0.493 e. The molecule has 0 saturated carbocycles. The molecule has 2 aromatic heterocycles. The number of fused-ring (bicyclic) bond motifs is 1. The molecule has 0 N–H and O–H groups in total. The van der Waals surface area contributed by atoms with Gasteiger partial charge in [-0.3, -0.25) is 9.36 Å². The van der Waals surface area contributed by atoms with Crippen LogP contribution in [0.5, 0.6) is 11.5 Å². The van der Waals surface area contributed by atoms with Gasteiger partial charge >= 0.3 is 11.9 Å². The molecule has 1 aliphatic heterocycles. The van der Waals surface area contributed by atoms with Crippen LogP contribution in [-0.4, -0.2) is 43.4 Å². The molecule has 3 heterocycles. The number of aromatic nitrogens is 1. The molecule has 0 spiro atoms. The van der Waals surface area contributed by atoms with Crippen LogP contribution >= 0.6 is 38.9 Å². The number of hydrogen-bond acceptors (Lipinski definition) is 10. The second-order valence-corrected chi connectivity index (χ2v) is 12.7. The van der Waals surface area contributed by atoms with Gasteiger partial charge in [-0.05, 0) is 75.7 Å². The van der Waals surface area contributed by atoms with E-state index in [0.717, 1.165) is 11.3 Å². The third kappa shape index (κ3) is 6.42. The Balaban J connectivity index is 1.65. The molecule has 13 heteroatoms. The first-order valence-electron chi connectivity index (χ1n) is 14.2. The van der Waals surface area contributed by atoms with Crippen molar-refractivity contribution in [3.05, 3.63) is 99.8 Å². The number of carbonyl (C=O) groups is 2. The van der Waals surface area contributed by atoms with Crippen molar-refractivity contribution < 1.29 is 33.0 Å². The van der Waals surface area contributed by atoms with Crippen LogP contribution in [-0.2, 0) is 14.3 Å². The average Bonchev–Trinajstić information content (AvgIpc) is 3.60. The molecule has 0 saturated heterocycles. The van der Waals surface area contributed by atoms with E-state index in [-0.39, 0.29) is 18.3 Å².